The Bertz CT molecular complexity index is 821. The molecule has 3 aromatic rings. The minimum absolute atomic E-state index is 0.124. The van der Waals surface area contributed by atoms with Crippen LogP contribution in [0.15, 0.2) is 48.1 Å². The van der Waals surface area contributed by atoms with Crippen LogP contribution in [-0.4, -0.2) is 38.4 Å². The molecule has 3 heterocycles. The van der Waals surface area contributed by atoms with Crippen LogP contribution in [-0.2, 0) is 11.2 Å². The summed E-state index contributed by atoms with van der Waals surface area (Å²) in [7, 11) is 0. The molecule has 1 unspecified atom stereocenters. The number of aliphatic hydroxyl groups is 1. The molecule has 1 aliphatic rings. The first-order valence-corrected chi connectivity index (χ1v) is 9.50. The quantitative estimate of drug-likeness (QED) is 0.783. The van der Waals surface area contributed by atoms with Gasteiger partial charge in [-0.2, -0.15) is 0 Å². The number of amides is 1. The van der Waals surface area contributed by atoms with Gasteiger partial charge in [-0.15, -0.1) is 11.3 Å². The number of rotatable bonds is 4. The van der Waals surface area contributed by atoms with Gasteiger partial charge in [0.1, 0.15) is 0 Å². The van der Waals surface area contributed by atoms with Crippen molar-refractivity contribution >= 4 is 22.2 Å². The summed E-state index contributed by atoms with van der Waals surface area (Å²) in [5.74, 6) is 0.336. The van der Waals surface area contributed by atoms with Crippen LogP contribution < -0.4 is 0 Å². The van der Waals surface area contributed by atoms with E-state index in [9.17, 15) is 9.90 Å². The molecule has 6 heteroatoms. The van der Waals surface area contributed by atoms with Gasteiger partial charge in [-0.1, -0.05) is 30.3 Å². The SMILES string of the molecule is O=C(Cc1cn2ccsc2n1)N1CCC(C(O)c2ccccc2)CC1. The normalized spacial score (nSPS) is 17.1. The zero-order valence-electron chi connectivity index (χ0n) is 13.9. The number of imidazole rings is 1. The van der Waals surface area contributed by atoms with Crippen molar-refractivity contribution in [3.8, 4) is 0 Å². The maximum Gasteiger partial charge on any atom is 0.228 e. The van der Waals surface area contributed by atoms with Crippen LogP contribution in [0.4, 0.5) is 0 Å². The van der Waals surface area contributed by atoms with Crippen LogP contribution in [0.5, 0.6) is 0 Å². The van der Waals surface area contributed by atoms with Gasteiger partial charge in [0, 0.05) is 30.9 Å². The van der Waals surface area contributed by atoms with Gasteiger partial charge in [0.05, 0.1) is 18.2 Å². The number of thiazole rings is 1. The maximum absolute atomic E-state index is 12.5. The van der Waals surface area contributed by atoms with Gasteiger partial charge >= 0.3 is 0 Å². The lowest BCUT2D eigenvalue weighted by atomic mass is 9.87. The standard InChI is InChI=1S/C19H21N3O2S/c23-17(12-16-13-22-10-11-25-19(22)20-16)21-8-6-15(7-9-21)18(24)14-4-2-1-3-5-14/h1-5,10-11,13,15,18,24H,6-9,12H2. The second kappa shape index (κ2) is 6.98. The van der Waals surface area contributed by atoms with Crippen molar-refractivity contribution in [3.63, 3.8) is 0 Å². The number of carbonyl (C=O) groups excluding carboxylic acids is 1. The molecule has 0 bridgehead atoms. The van der Waals surface area contributed by atoms with Crippen LogP contribution >= 0.6 is 11.3 Å². The highest BCUT2D eigenvalue weighted by Crippen LogP contribution is 2.30. The summed E-state index contributed by atoms with van der Waals surface area (Å²) in [6.45, 7) is 1.41. The molecule has 5 nitrogen and oxygen atoms in total. The summed E-state index contributed by atoms with van der Waals surface area (Å²) in [5.41, 5.74) is 1.79. The molecule has 1 aliphatic heterocycles. The van der Waals surface area contributed by atoms with Crippen LogP contribution in [0.25, 0.3) is 4.96 Å². The predicted octanol–water partition coefficient (Wildman–Crippen LogP) is 2.91. The number of carbonyl (C=O) groups is 1. The van der Waals surface area contributed by atoms with E-state index in [1.165, 1.54) is 0 Å². The molecule has 1 amide bonds. The molecule has 1 aromatic carbocycles. The van der Waals surface area contributed by atoms with Crippen molar-refractivity contribution in [1.82, 2.24) is 14.3 Å². The first-order chi connectivity index (χ1) is 12.2. The van der Waals surface area contributed by atoms with E-state index in [4.69, 9.17) is 0 Å². The summed E-state index contributed by atoms with van der Waals surface area (Å²) < 4.78 is 1.95. The molecule has 1 saturated heterocycles. The van der Waals surface area contributed by atoms with Gasteiger partial charge < -0.3 is 10.0 Å². The molecule has 0 spiro atoms. The average molecular weight is 355 g/mol. The fourth-order valence-corrected chi connectivity index (χ4v) is 4.23. The van der Waals surface area contributed by atoms with Crippen LogP contribution in [0.2, 0.25) is 0 Å². The first kappa shape index (κ1) is 16.3. The maximum atomic E-state index is 12.5. The highest BCUT2D eigenvalue weighted by molar-refractivity contribution is 7.15. The van der Waals surface area contributed by atoms with Gasteiger partial charge in [0.15, 0.2) is 4.96 Å². The van der Waals surface area contributed by atoms with E-state index in [2.05, 4.69) is 4.98 Å². The Balaban J connectivity index is 1.33. The van der Waals surface area contributed by atoms with E-state index in [-0.39, 0.29) is 11.8 Å². The number of aromatic nitrogens is 2. The van der Waals surface area contributed by atoms with Crippen LogP contribution in [0.1, 0.15) is 30.2 Å². The summed E-state index contributed by atoms with van der Waals surface area (Å²) in [5, 5.41) is 12.5. The summed E-state index contributed by atoms with van der Waals surface area (Å²) in [6, 6.07) is 9.79. The number of nitrogens with zero attached hydrogens (tertiary/aromatic N) is 3. The summed E-state index contributed by atoms with van der Waals surface area (Å²) in [4.78, 5) is 19.8. The van der Waals surface area contributed by atoms with Crippen molar-refractivity contribution in [2.24, 2.45) is 5.92 Å². The Labute approximate surface area is 150 Å². The van der Waals surface area contributed by atoms with Crippen molar-refractivity contribution in [1.29, 1.82) is 0 Å². The van der Waals surface area contributed by atoms with Crippen LogP contribution in [0.3, 0.4) is 0 Å². The van der Waals surface area contributed by atoms with E-state index in [0.29, 0.717) is 19.5 Å². The third-order valence-corrected chi connectivity index (χ3v) is 5.73. The predicted molar refractivity (Wildman–Crippen MR) is 97.5 cm³/mol. The Kier molecular flexibility index (Phi) is 4.55. The lowest BCUT2D eigenvalue weighted by molar-refractivity contribution is -0.132. The van der Waals surface area contributed by atoms with Gasteiger partial charge in [-0.25, -0.2) is 4.98 Å². The van der Waals surface area contributed by atoms with Gasteiger partial charge in [-0.3, -0.25) is 9.20 Å². The minimum atomic E-state index is -0.446. The smallest absolute Gasteiger partial charge is 0.228 e. The number of piperidine rings is 1. The Hall–Kier alpha value is -2.18. The number of likely N-dealkylation sites (tertiary alicyclic amines) is 1. The molecule has 0 radical (unpaired) electrons. The van der Waals surface area contributed by atoms with Crippen molar-refractivity contribution < 1.29 is 9.90 Å². The first-order valence-electron chi connectivity index (χ1n) is 8.62. The van der Waals surface area contributed by atoms with Crippen molar-refractivity contribution in [3.05, 3.63) is 59.4 Å². The number of fused-ring (bicyclic) bond motifs is 1. The zero-order chi connectivity index (χ0) is 17.2. The van der Waals surface area contributed by atoms with E-state index in [1.807, 2.05) is 57.4 Å². The van der Waals surface area contributed by atoms with Gasteiger partial charge in [0.2, 0.25) is 5.91 Å². The van der Waals surface area contributed by atoms with E-state index < -0.39 is 6.10 Å². The molecule has 1 atom stereocenters. The van der Waals surface area contributed by atoms with E-state index in [0.717, 1.165) is 29.1 Å². The number of hydrogen-bond acceptors (Lipinski definition) is 4. The third-order valence-electron chi connectivity index (χ3n) is 4.96. The van der Waals surface area contributed by atoms with Crippen molar-refractivity contribution in [2.75, 3.05) is 13.1 Å². The Morgan fingerprint density at radius 3 is 2.76 bits per heavy atom. The van der Waals surface area contributed by atoms with E-state index in [1.54, 1.807) is 11.3 Å². The Morgan fingerprint density at radius 2 is 2.04 bits per heavy atom. The number of aliphatic hydroxyl groups excluding tert-OH is 1. The summed E-state index contributed by atoms with van der Waals surface area (Å²) >= 11 is 1.57. The molecule has 0 aliphatic carbocycles. The topological polar surface area (TPSA) is 57.8 Å². The highest BCUT2D eigenvalue weighted by Gasteiger charge is 2.28. The third kappa shape index (κ3) is 3.45. The van der Waals surface area contributed by atoms with E-state index >= 15 is 0 Å². The lowest BCUT2D eigenvalue weighted by Gasteiger charge is -2.34. The second-order valence-electron chi connectivity index (χ2n) is 6.58. The molecular weight excluding hydrogens is 334 g/mol. The molecule has 130 valence electrons. The summed E-state index contributed by atoms with van der Waals surface area (Å²) in [6.07, 6.45) is 5.45. The average Bonchev–Trinajstić information content (AvgIpc) is 3.23. The Morgan fingerprint density at radius 1 is 1.28 bits per heavy atom. The number of hydrogen-bond donors (Lipinski definition) is 1. The molecule has 1 fully saturated rings. The highest BCUT2D eigenvalue weighted by atomic mass is 32.1. The molecule has 0 saturated carbocycles. The minimum Gasteiger partial charge on any atom is -0.388 e. The monoisotopic (exact) mass is 355 g/mol. The van der Waals surface area contributed by atoms with Crippen LogP contribution in [0, 0.1) is 5.92 Å². The largest absolute Gasteiger partial charge is 0.388 e. The molecule has 25 heavy (non-hydrogen) atoms. The zero-order valence-corrected chi connectivity index (χ0v) is 14.7. The molecule has 1 N–H and O–H groups in total. The second-order valence-corrected chi connectivity index (χ2v) is 7.45. The fraction of sp³-hybridized carbons (Fsp3) is 0.368. The van der Waals surface area contributed by atoms with Crippen molar-refractivity contribution in [2.45, 2.75) is 25.4 Å². The fourth-order valence-electron chi connectivity index (χ4n) is 3.51. The van der Waals surface area contributed by atoms with Gasteiger partial charge in [0.25, 0.3) is 0 Å². The molecule has 2 aromatic heterocycles. The molecule has 4 rings (SSSR count). The number of benzene rings is 1. The lowest BCUT2D eigenvalue weighted by Crippen LogP contribution is -2.40. The van der Waals surface area contributed by atoms with Gasteiger partial charge in [-0.05, 0) is 24.3 Å². The molecular formula is C19H21N3O2S.